The zero-order valence-corrected chi connectivity index (χ0v) is 13.7. The van der Waals surface area contributed by atoms with E-state index in [9.17, 15) is 9.59 Å². The SMILES string of the molecule is Cc1ccccc1NC(=O)C(=O)N1CCN(c2ccccc2)CC1. The molecule has 0 atom stereocenters. The standard InChI is InChI=1S/C19H21N3O2/c1-15-7-5-6-10-17(15)20-18(23)19(24)22-13-11-21(12-14-22)16-8-3-2-4-9-16/h2-10H,11-14H2,1H3,(H,20,23). The van der Waals surface area contributed by atoms with Gasteiger partial charge in [-0.05, 0) is 30.7 Å². The molecule has 5 nitrogen and oxygen atoms in total. The number of carbonyl (C=O) groups is 2. The molecule has 5 heteroatoms. The Bertz CT molecular complexity index is 722. The van der Waals surface area contributed by atoms with Gasteiger partial charge in [0.1, 0.15) is 0 Å². The summed E-state index contributed by atoms with van der Waals surface area (Å²) < 4.78 is 0. The van der Waals surface area contributed by atoms with E-state index in [1.807, 2.05) is 43.3 Å². The molecule has 1 aliphatic rings. The van der Waals surface area contributed by atoms with Gasteiger partial charge in [0.15, 0.2) is 0 Å². The summed E-state index contributed by atoms with van der Waals surface area (Å²) in [4.78, 5) is 28.4. The van der Waals surface area contributed by atoms with Crippen molar-refractivity contribution in [2.75, 3.05) is 36.4 Å². The molecule has 2 aromatic carbocycles. The Labute approximate surface area is 141 Å². The summed E-state index contributed by atoms with van der Waals surface area (Å²) in [6.07, 6.45) is 0. The Kier molecular flexibility index (Phi) is 4.79. The van der Waals surface area contributed by atoms with Crippen molar-refractivity contribution in [2.45, 2.75) is 6.92 Å². The number of aryl methyl sites for hydroxylation is 1. The molecule has 0 unspecified atom stereocenters. The average molecular weight is 323 g/mol. The van der Waals surface area contributed by atoms with E-state index in [-0.39, 0.29) is 0 Å². The second kappa shape index (κ2) is 7.17. The lowest BCUT2D eigenvalue weighted by atomic mass is 10.2. The van der Waals surface area contributed by atoms with Crippen LogP contribution >= 0.6 is 0 Å². The molecule has 24 heavy (non-hydrogen) atoms. The number of hydrogen-bond acceptors (Lipinski definition) is 3. The molecule has 2 aromatic rings. The summed E-state index contributed by atoms with van der Waals surface area (Å²) in [5, 5.41) is 2.71. The first-order chi connectivity index (χ1) is 11.6. The van der Waals surface area contributed by atoms with Crippen molar-refractivity contribution in [1.82, 2.24) is 4.90 Å². The van der Waals surface area contributed by atoms with Gasteiger partial charge < -0.3 is 15.1 Å². The number of benzene rings is 2. The summed E-state index contributed by atoms with van der Waals surface area (Å²) in [6.45, 7) is 4.46. The number of rotatable bonds is 2. The van der Waals surface area contributed by atoms with Gasteiger partial charge in [-0.25, -0.2) is 0 Å². The number of piperazine rings is 1. The second-order valence-electron chi connectivity index (χ2n) is 5.88. The fraction of sp³-hybridized carbons (Fsp3) is 0.263. The maximum Gasteiger partial charge on any atom is 0.313 e. The number of para-hydroxylation sites is 2. The molecule has 0 spiro atoms. The minimum Gasteiger partial charge on any atom is -0.368 e. The smallest absolute Gasteiger partial charge is 0.313 e. The van der Waals surface area contributed by atoms with Gasteiger partial charge in [-0.15, -0.1) is 0 Å². The highest BCUT2D eigenvalue weighted by Gasteiger charge is 2.26. The Hall–Kier alpha value is -2.82. The molecule has 1 fully saturated rings. The highest BCUT2D eigenvalue weighted by Crippen LogP contribution is 2.16. The summed E-state index contributed by atoms with van der Waals surface area (Å²) in [5.74, 6) is -1.04. The molecule has 0 saturated carbocycles. The first-order valence-corrected chi connectivity index (χ1v) is 8.11. The van der Waals surface area contributed by atoms with Crippen LogP contribution in [-0.2, 0) is 9.59 Å². The van der Waals surface area contributed by atoms with Crippen LogP contribution in [0.5, 0.6) is 0 Å². The first-order valence-electron chi connectivity index (χ1n) is 8.11. The van der Waals surface area contributed by atoms with Gasteiger partial charge in [-0.3, -0.25) is 9.59 Å². The molecule has 124 valence electrons. The summed E-state index contributed by atoms with van der Waals surface area (Å²) in [7, 11) is 0. The number of nitrogens with zero attached hydrogens (tertiary/aromatic N) is 2. The zero-order valence-electron chi connectivity index (χ0n) is 13.7. The highest BCUT2D eigenvalue weighted by molar-refractivity contribution is 6.39. The predicted octanol–water partition coefficient (Wildman–Crippen LogP) is 2.28. The van der Waals surface area contributed by atoms with E-state index >= 15 is 0 Å². The van der Waals surface area contributed by atoms with Crippen molar-refractivity contribution in [3.05, 3.63) is 60.2 Å². The van der Waals surface area contributed by atoms with Gasteiger partial charge in [0.2, 0.25) is 0 Å². The minimum atomic E-state index is -0.572. The number of anilines is 2. The molecular formula is C19H21N3O2. The topological polar surface area (TPSA) is 52.7 Å². The van der Waals surface area contributed by atoms with E-state index in [1.54, 1.807) is 11.0 Å². The van der Waals surface area contributed by atoms with E-state index < -0.39 is 11.8 Å². The van der Waals surface area contributed by atoms with Gasteiger partial charge in [0.05, 0.1) is 0 Å². The highest BCUT2D eigenvalue weighted by atomic mass is 16.2. The predicted molar refractivity (Wildman–Crippen MR) is 95.0 cm³/mol. The van der Waals surface area contributed by atoms with Crippen LogP contribution in [0.15, 0.2) is 54.6 Å². The van der Waals surface area contributed by atoms with Crippen LogP contribution in [0.1, 0.15) is 5.56 Å². The number of amides is 2. The van der Waals surface area contributed by atoms with E-state index in [2.05, 4.69) is 22.3 Å². The number of nitrogens with one attached hydrogen (secondary N) is 1. The lowest BCUT2D eigenvalue weighted by molar-refractivity contribution is -0.143. The fourth-order valence-electron chi connectivity index (χ4n) is 2.84. The van der Waals surface area contributed by atoms with Crippen molar-refractivity contribution in [2.24, 2.45) is 0 Å². The van der Waals surface area contributed by atoms with Crippen LogP contribution in [-0.4, -0.2) is 42.9 Å². The summed E-state index contributed by atoms with van der Waals surface area (Å²) >= 11 is 0. The molecule has 0 aromatic heterocycles. The molecule has 3 rings (SSSR count). The third kappa shape index (κ3) is 3.56. The van der Waals surface area contributed by atoms with Crippen LogP contribution in [0.2, 0.25) is 0 Å². The Balaban J connectivity index is 1.57. The molecule has 2 amide bonds. The third-order valence-corrected chi connectivity index (χ3v) is 4.28. The molecule has 1 heterocycles. The van der Waals surface area contributed by atoms with Gasteiger partial charge >= 0.3 is 11.8 Å². The van der Waals surface area contributed by atoms with Gasteiger partial charge in [0, 0.05) is 37.6 Å². The molecule has 0 bridgehead atoms. The monoisotopic (exact) mass is 323 g/mol. The van der Waals surface area contributed by atoms with Crippen molar-refractivity contribution in [3.8, 4) is 0 Å². The van der Waals surface area contributed by atoms with Crippen molar-refractivity contribution >= 4 is 23.2 Å². The largest absolute Gasteiger partial charge is 0.368 e. The second-order valence-corrected chi connectivity index (χ2v) is 5.88. The molecule has 0 radical (unpaired) electrons. The number of carbonyl (C=O) groups excluding carboxylic acids is 2. The van der Waals surface area contributed by atoms with Crippen molar-refractivity contribution in [3.63, 3.8) is 0 Å². The maximum atomic E-state index is 12.4. The van der Waals surface area contributed by atoms with Crippen LogP contribution in [0.4, 0.5) is 11.4 Å². The lowest BCUT2D eigenvalue weighted by Crippen LogP contribution is -2.51. The Morgan fingerprint density at radius 3 is 2.17 bits per heavy atom. The Morgan fingerprint density at radius 1 is 0.875 bits per heavy atom. The van der Waals surface area contributed by atoms with Crippen LogP contribution in [0, 0.1) is 6.92 Å². The van der Waals surface area contributed by atoms with Crippen molar-refractivity contribution in [1.29, 1.82) is 0 Å². The number of hydrogen-bond donors (Lipinski definition) is 1. The average Bonchev–Trinajstić information content (AvgIpc) is 2.64. The van der Waals surface area contributed by atoms with Gasteiger partial charge in [0.25, 0.3) is 0 Å². The van der Waals surface area contributed by atoms with Crippen LogP contribution < -0.4 is 10.2 Å². The molecule has 1 saturated heterocycles. The fourth-order valence-corrected chi connectivity index (χ4v) is 2.84. The summed E-state index contributed by atoms with van der Waals surface area (Å²) in [6, 6.07) is 17.5. The van der Waals surface area contributed by atoms with E-state index in [0.29, 0.717) is 18.8 Å². The van der Waals surface area contributed by atoms with Crippen LogP contribution in [0.3, 0.4) is 0 Å². The molecule has 1 N–H and O–H groups in total. The van der Waals surface area contributed by atoms with Crippen LogP contribution in [0.25, 0.3) is 0 Å². The molecule has 1 aliphatic heterocycles. The molecule has 0 aliphatic carbocycles. The molecular weight excluding hydrogens is 302 g/mol. The van der Waals surface area contributed by atoms with Gasteiger partial charge in [-0.2, -0.15) is 0 Å². The first kappa shape index (κ1) is 16.1. The lowest BCUT2D eigenvalue weighted by Gasteiger charge is -2.35. The summed E-state index contributed by atoms with van der Waals surface area (Å²) in [5.41, 5.74) is 2.76. The maximum absolute atomic E-state index is 12.4. The van der Waals surface area contributed by atoms with E-state index in [0.717, 1.165) is 24.3 Å². The normalized spacial score (nSPS) is 14.4. The third-order valence-electron chi connectivity index (χ3n) is 4.28. The zero-order chi connectivity index (χ0) is 16.9. The van der Waals surface area contributed by atoms with E-state index in [4.69, 9.17) is 0 Å². The Morgan fingerprint density at radius 2 is 1.50 bits per heavy atom. The quantitative estimate of drug-likeness (QED) is 0.863. The van der Waals surface area contributed by atoms with E-state index in [1.165, 1.54) is 0 Å². The van der Waals surface area contributed by atoms with Gasteiger partial charge in [-0.1, -0.05) is 36.4 Å². The minimum absolute atomic E-state index is 0.467. The van der Waals surface area contributed by atoms with Crippen molar-refractivity contribution < 1.29 is 9.59 Å².